The van der Waals surface area contributed by atoms with Gasteiger partial charge in [-0.2, -0.15) is 4.72 Å². The normalized spacial score (nSPS) is 12.5. The first-order chi connectivity index (χ1) is 14.7. The van der Waals surface area contributed by atoms with Crippen LogP contribution < -0.4 is 10.0 Å². The van der Waals surface area contributed by atoms with Crippen LogP contribution in [0, 0.1) is 0 Å². The van der Waals surface area contributed by atoms with Crippen molar-refractivity contribution in [2.24, 2.45) is 0 Å². The van der Waals surface area contributed by atoms with E-state index in [1.807, 2.05) is 54.6 Å². The number of hydrogen-bond acceptors (Lipinski definition) is 3. The molecule has 0 spiro atoms. The van der Waals surface area contributed by atoms with Crippen molar-refractivity contribution < 1.29 is 13.2 Å². The zero-order valence-corrected chi connectivity index (χ0v) is 19.0. The largest absolute Gasteiger partial charge is 0.325 e. The number of benzene rings is 3. The fourth-order valence-electron chi connectivity index (χ4n) is 3.09. The molecule has 0 bridgehead atoms. The molecule has 0 aromatic heterocycles. The average molecular weight is 457 g/mol. The molecule has 0 aliphatic rings. The first-order valence-corrected chi connectivity index (χ1v) is 11.8. The predicted octanol–water partition coefficient (Wildman–Crippen LogP) is 4.99. The van der Waals surface area contributed by atoms with Gasteiger partial charge in [0, 0.05) is 10.7 Å². The van der Waals surface area contributed by atoms with Gasteiger partial charge in [-0.05, 0) is 59.9 Å². The maximum absolute atomic E-state index is 13.0. The maximum atomic E-state index is 13.0. The van der Waals surface area contributed by atoms with Crippen LogP contribution in [0.4, 0.5) is 5.69 Å². The molecule has 0 radical (unpaired) electrons. The van der Waals surface area contributed by atoms with Gasteiger partial charge in [0.05, 0.1) is 4.90 Å². The molecule has 0 unspecified atom stereocenters. The van der Waals surface area contributed by atoms with Crippen molar-refractivity contribution in [3.8, 4) is 0 Å². The lowest BCUT2D eigenvalue weighted by Crippen LogP contribution is -2.45. The molecular formula is C24H25ClN2O3S. The van der Waals surface area contributed by atoms with E-state index < -0.39 is 22.0 Å². The summed E-state index contributed by atoms with van der Waals surface area (Å²) < 4.78 is 28.3. The minimum absolute atomic E-state index is 0.0454. The monoisotopic (exact) mass is 456 g/mol. The van der Waals surface area contributed by atoms with Crippen molar-refractivity contribution >= 4 is 33.2 Å². The van der Waals surface area contributed by atoms with Crippen molar-refractivity contribution in [1.29, 1.82) is 0 Å². The predicted molar refractivity (Wildman–Crippen MR) is 125 cm³/mol. The second kappa shape index (κ2) is 10.1. The van der Waals surface area contributed by atoms with Gasteiger partial charge in [-0.3, -0.25) is 4.79 Å². The van der Waals surface area contributed by atoms with E-state index in [-0.39, 0.29) is 11.3 Å². The van der Waals surface area contributed by atoms with Crippen LogP contribution >= 0.6 is 11.6 Å². The lowest BCUT2D eigenvalue weighted by Gasteiger charge is -2.19. The molecule has 0 aliphatic heterocycles. The zero-order chi connectivity index (χ0) is 22.4. The van der Waals surface area contributed by atoms with Gasteiger partial charge in [-0.1, -0.05) is 67.9 Å². The van der Waals surface area contributed by atoms with Gasteiger partial charge in [0.2, 0.25) is 15.9 Å². The zero-order valence-electron chi connectivity index (χ0n) is 17.4. The highest BCUT2D eigenvalue weighted by atomic mass is 35.5. The van der Waals surface area contributed by atoms with E-state index in [4.69, 9.17) is 11.6 Å². The summed E-state index contributed by atoms with van der Waals surface area (Å²) in [4.78, 5) is 13.1. The Kier molecular flexibility index (Phi) is 7.49. The quantitative estimate of drug-likeness (QED) is 0.501. The Hall–Kier alpha value is -2.67. The molecular weight excluding hydrogens is 432 g/mol. The van der Waals surface area contributed by atoms with Crippen LogP contribution in [0.15, 0.2) is 83.8 Å². The minimum Gasteiger partial charge on any atom is -0.325 e. The van der Waals surface area contributed by atoms with Gasteiger partial charge in [-0.25, -0.2) is 8.42 Å². The topological polar surface area (TPSA) is 75.3 Å². The van der Waals surface area contributed by atoms with Crippen LogP contribution in [-0.4, -0.2) is 20.4 Å². The Morgan fingerprint density at radius 3 is 2.10 bits per heavy atom. The molecule has 7 heteroatoms. The van der Waals surface area contributed by atoms with Crippen molar-refractivity contribution in [2.75, 3.05) is 5.32 Å². The van der Waals surface area contributed by atoms with E-state index in [1.54, 1.807) is 0 Å². The number of rotatable bonds is 8. The van der Waals surface area contributed by atoms with E-state index in [0.29, 0.717) is 16.6 Å². The third-order valence-electron chi connectivity index (χ3n) is 4.87. The van der Waals surface area contributed by atoms with E-state index in [1.165, 1.54) is 24.3 Å². The van der Waals surface area contributed by atoms with Crippen molar-refractivity contribution in [3.05, 3.63) is 95.0 Å². The number of hydrogen-bond donors (Lipinski definition) is 2. The highest BCUT2D eigenvalue weighted by Crippen LogP contribution is 2.19. The summed E-state index contributed by atoms with van der Waals surface area (Å²) in [5, 5.41) is 3.26. The van der Waals surface area contributed by atoms with Crippen molar-refractivity contribution in [3.63, 3.8) is 0 Å². The van der Waals surface area contributed by atoms with Gasteiger partial charge in [0.15, 0.2) is 0 Å². The van der Waals surface area contributed by atoms with Crippen LogP contribution in [0.2, 0.25) is 5.02 Å². The van der Waals surface area contributed by atoms with Crippen LogP contribution in [0.25, 0.3) is 0 Å². The summed E-state index contributed by atoms with van der Waals surface area (Å²) in [5.74, 6) is -0.0551. The number of halogens is 1. The second-order valence-electron chi connectivity index (χ2n) is 7.58. The number of amides is 1. The molecule has 31 heavy (non-hydrogen) atoms. The van der Waals surface area contributed by atoms with Crippen molar-refractivity contribution in [2.45, 2.75) is 37.1 Å². The molecule has 5 nitrogen and oxygen atoms in total. The lowest BCUT2D eigenvalue weighted by atomic mass is 10.0. The Balaban J connectivity index is 1.83. The fraction of sp³-hybridized carbons (Fsp3) is 0.208. The summed E-state index contributed by atoms with van der Waals surface area (Å²) in [6.07, 6.45) is 0.212. The van der Waals surface area contributed by atoms with Gasteiger partial charge in [-0.15, -0.1) is 0 Å². The van der Waals surface area contributed by atoms with Crippen molar-refractivity contribution in [1.82, 2.24) is 4.72 Å². The SMILES string of the molecule is CC(C)c1ccc(NC(=O)[C@H](Cc2ccccc2)NS(=O)(=O)c2ccc(Cl)cc2)cc1. The number of sulfonamides is 1. The summed E-state index contributed by atoms with van der Waals surface area (Å²) >= 11 is 5.87. The highest BCUT2D eigenvalue weighted by molar-refractivity contribution is 7.89. The molecule has 2 N–H and O–H groups in total. The average Bonchev–Trinajstić information content (AvgIpc) is 2.74. The Labute approximate surface area is 188 Å². The Bertz CT molecular complexity index is 1110. The van der Waals surface area contributed by atoms with Crippen LogP contribution in [0.1, 0.15) is 30.9 Å². The van der Waals surface area contributed by atoms with Gasteiger partial charge in [0.25, 0.3) is 0 Å². The molecule has 0 saturated heterocycles. The molecule has 3 aromatic carbocycles. The number of carbonyl (C=O) groups excluding carboxylic acids is 1. The summed E-state index contributed by atoms with van der Waals surface area (Å²) in [6, 6.07) is 21.6. The van der Waals surface area contributed by atoms with Crippen LogP contribution in [0.5, 0.6) is 0 Å². The summed E-state index contributed by atoms with van der Waals surface area (Å²) in [5.41, 5.74) is 2.61. The van der Waals surface area contributed by atoms with E-state index in [0.717, 1.165) is 11.1 Å². The first-order valence-electron chi connectivity index (χ1n) is 9.97. The molecule has 0 aliphatic carbocycles. The third-order valence-corrected chi connectivity index (χ3v) is 6.60. The van der Waals surface area contributed by atoms with Crippen LogP contribution in [-0.2, 0) is 21.2 Å². The molecule has 0 heterocycles. The molecule has 1 atom stereocenters. The van der Waals surface area contributed by atoms with E-state index >= 15 is 0 Å². The summed E-state index contributed by atoms with van der Waals surface area (Å²) in [6.45, 7) is 4.18. The summed E-state index contributed by atoms with van der Waals surface area (Å²) in [7, 11) is -3.92. The number of anilines is 1. The minimum atomic E-state index is -3.92. The standard InChI is InChI=1S/C24H25ClN2O3S/c1-17(2)19-8-12-21(13-9-19)26-24(28)23(16-18-6-4-3-5-7-18)27-31(29,30)22-14-10-20(25)11-15-22/h3-15,17,23,27H,16H2,1-2H3,(H,26,28)/t23-/m0/s1. The molecule has 0 saturated carbocycles. The molecule has 1 amide bonds. The molecule has 0 fully saturated rings. The molecule has 162 valence electrons. The Morgan fingerprint density at radius 1 is 0.903 bits per heavy atom. The maximum Gasteiger partial charge on any atom is 0.242 e. The Morgan fingerprint density at radius 2 is 1.52 bits per heavy atom. The molecule has 3 aromatic rings. The molecule has 3 rings (SSSR count). The van der Waals surface area contributed by atoms with E-state index in [9.17, 15) is 13.2 Å². The van der Waals surface area contributed by atoms with Gasteiger partial charge in [0.1, 0.15) is 6.04 Å². The van der Waals surface area contributed by atoms with Gasteiger partial charge >= 0.3 is 0 Å². The lowest BCUT2D eigenvalue weighted by molar-refractivity contribution is -0.117. The fourth-order valence-corrected chi connectivity index (χ4v) is 4.41. The smallest absolute Gasteiger partial charge is 0.242 e. The highest BCUT2D eigenvalue weighted by Gasteiger charge is 2.26. The first kappa shape index (κ1) is 23.0. The van der Waals surface area contributed by atoms with Gasteiger partial charge < -0.3 is 5.32 Å². The second-order valence-corrected chi connectivity index (χ2v) is 9.73. The van der Waals surface area contributed by atoms with Crippen LogP contribution in [0.3, 0.4) is 0 Å². The number of carbonyl (C=O) groups is 1. The third kappa shape index (κ3) is 6.40. The van der Waals surface area contributed by atoms with E-state index in [2.05, 4.69) is 23.9 Å². The number of nitrogens with one attached hydrogen (secondary N) is 2.